The molecule has 0 radical (unpaired) electrons. The van der Waals surface area contributed by atoms with E-state index >= 15 is 0 Å². The van der Waals surface area contributed by atoms with Crippen molar-refractivity contribution in [2.45, 2.75) is 38.6 Å². The summed E-state index contributed by atoms with van der Waals surface area (Å²) < 4.78 is 13.1. The average Bonchev–Trinajstić information content (AvgIpc) is 2.32. The predicted molar refractivity (Wildman–Crippen MR) is 69.5 cm³/mol. The van der Waals surface area contributed by atoms with Crippen molar-refractivity contribution in [3.63, 3.8) is 0 Å². The fraction of sp³-hybridized carbons (Fsp3) is 0.571. The molecule has 3 unspecified atom stereocenters. The van der Waals surface area contributed by atoms with Crippen LogP contribution >= 0.6 is 11.6 Å². The predicted octanol–water partition coefficient (Wildman–Crippen LogP) is 4.31. The maximum Gasteiger partial charge on any atom is 0.141 e. The summed E-state index contributed by atoms with van der Waals surface area (Å²) in [6, 6.07) is 4.81. The highest BCUT2D eigenvalue weighted by atomic mass is 35.5. The van der Waals surface area contributed by atoms with Crippen molar-refractivity contribution in [1.82, 2.24) is 0 Å². The maximum absolute atomic E-state index is 13.1. The van der Waals surface area contributed by atoms with E-state index in [0.717, 1.165) is 17.9 Å². The molecule has 1 saturated carbocycles. The third-order valence-electron chi connectivity index (χ3n) is 3.81. The van der Waals surface area contributed by atoms with Crippen molar-refractivity contribution < 1.29 is 4.39 Å². The Balaban J connectivity index is 2.12. The minimum atomic E-state index is -0.375. The Morgan fingerprint density at radius 2 is 2.18 bits per heavy atom. The number of hydrogen-bond acceptors (Lipinski definition) is 1. The Bertz CT molecular complexity index is 394. The molecule has 0 aromatic heterocycles. The van der Waals surface area contributed by atoms with Crippen molar-refractivity contribution >= 4 is 11.6 Å². The first-order valence-electron chi connectivity index (χ1n) is 6.28. The van der Waals surface area contributed by atoms with Gasteiger partial charge in [-0.1, -0.05) is 37.4 Å². The topological polar surface area (TPSA) is 26.0 Å². The SMILES string of the molecule is CC1CCCC(C(N)c2ccc(F)c(Cl)c2)C1. The second-order valence-corrected chi connectivity index (χ2v) is 5.64. The molecule has 1 nitrogen and oxygen atoms in total. The second-order valence-electron chi connectivity index (χ2n) is 5.23. The molecule has 0 heterocycles. The van der Waals surface area contributed by atoms with Crippen molar-refractivity contribution in [2.75, 3.05) is 0 Å². The van der Waals surface area contributed by atoms with E-state index in [0.29, 0.717) is 5.92 Å². The first kappa shape index (κ1) is 12.8. The van der Waals surface area contributed by atoms with Crippen LogP contribution in [-0.2, 0) is 0 Å². The Morgan fingerprint density at radius 3 is 2.82 bits per heavy atom. The van der Waals surface area contributed by atoms with Crippen LogP contribution in [0.4, 0.5) is 4.39 Å². The molecule has 3 heteroatoms. The smallest absolute Gasteiger partial charge is 0.141 e. The zero-order chi connectivity index (χ0) is 12.4. The van der Waals surface area contributed by atoms with Gasteiger partial charge in [0.15, 0.2) is 0 Å². The minimum Gasteiger partial charge on any atom is -0.324 e. The Hall–Kier alpha value is -0.600. The van der Waals surface area contributed by atoms with Gasteiger partial charge in [0, 0.05) is 6.04 Å². The number of rotatable bonds is 2. The molecule has 0 saturated heterocycles. The minimum absolute atomic E-state index is 0.0177. The maximum atomic E-state index is 13.1. The summed E-state index contributed by atoms with van der Waals surface area (Å²) >= 11 is 5.79. The van der Waals surface area contributed by atoms with Crippen LogP contribution in [0.15, 0.2) is 18.2 Å². The van der Waals surface area contributed by atoms with Crippen molar-refractivity contribution in [3.05, 3.63) is 34.6 Å². The van der Waals surface area contributed by atoms with E-state index in [2.05, 4.69) is 6.92 Å². The highest BCUT2D eigenvalue weighted by Gasteiger charge is 2.25. The third-order valence-corrected chi connectivity index (χ3v) is 4.10. The van der Waals surface area contributed by atoms with Crippen LogP contribution in [0.2, 0.25) is 5.02 Å². The standard InChI is InChI=1S/C14H19ClFN/c1-9-3-2-4-10(7-9)14(17)11-5-6-13(16)12(15)8-11/h5-6,8-10,14H,2-4,7,17H2,1H3. The van der Waals surface area contributed by atoms with E-state index in [-0.39, 0.29) is 16.9 Å². The molecule has 17 heavy (non-hydrogen) atoms. The summed E-state index contributed by atoms with van der Waals surface area (Å²) in [4.78, 5) is 0. The lowest BCUT2D eigenvalue weighted by Gasteiger charge is -2.31. The quantitative estimate of drug-likeness (QED) is 0.838. The normalized spacial score (nSPS) is 26.8. The van der Waals surface area contributed by atoms with Gasteiger partial charge in [-0.2, -0.15) is 0 Å². The van der Waals surface area contributed by atoms with Gasteiger partial charge in [-0.25, -0.2) is 4.39 Å². The van der Waals surface area contributed by atoms with Crippen molar-refractivity contribution in [2.24, 2.45) is 17.6 Å². The number of halogens is 2. The molecule has 0 aliphatic heterocycles. The van der Waals surface area contributed by atoms with Gasteiger partial charge in [-0.05, 0) is 42.4 Å². The van der Waals surface area contributed by atoms with Gasteiger partial charge >= 0.3 is 0 Å². The first-order valence-corrected chi connectivity index (χ1v) is 6.66. The monoisotopic (exact) mass is 255 g/mol. The largest absolute Gasteiger partial charge is 0.324 e. The second kappa shape index (κ2) is 5.36. The van der Waals surface area contributed by atoms with Crippen LogP contribution < -0.4 is 5.73 Å². The van der Waals surface area contributed by atoms with E-state index in [1.165, 1.54) is 25.3 Å². The summed E-state index contributed by atoms with van der Waals surface area (Å²) in [5, 5.41) is 0.168. The summed E-state index contributed by atoms with van der Waals surface area (Å²) in [5.74, 6) is 0.871. The van der Waals surface area contributed by atoms with Crippen LogP contribution in [-0.4, -0.2) is 0 Å². The van der Waals surface area contributed by atoms with Gasteiger partial charge in [-0.15, -0.1) is 0 Å². The fourth-order valence-electron chi connectivity index (χ4n) is 2.80. The molecule has 2 N–H and O–H groups in total. The summed E-state index contributed by atoms with van der Waals surface area (Å²) in [5.41, 5.74) is 7.22. The fourth-order valence-corrected chi connectivity index (χ4v) is 2.99. The van der Waals surface area contributed by atoms with Crippen molar-refractivity contribution in [3.8, 4) is 0 Å². The van der Waals surface area contributed by atoms with Crippen LogP contribution in [0.1, 0.15) is 44.2 Å². The zero-order valence-electron chi connectivity index (χ0n) is 10.1. The summed E-state index contributed by atoms with van der Waals surface area (Å²) in [6.07, 6.45) is 4.87. The molecule has 1 aliphatic rings. The lowest BCUT2D eigenvalue weighted by atomic mass is 9.77. The van der Waals surface area contributed by atoms with E-state index in [9.17, 15) is 4.39 Å². The van der Waals surface area contributed by atoms with Gasteiger partial charge in [0.2, 0.25) is 0 Å². The van der Waals surface area contributed by atoms with Gasteiger partial charge in [0.05, 0.1) is 5.02 Å². The van der Waals surface area contributed by atoms with Gasteiger partial charge in [-0.3, -0.25) is 0 Å². The molecule has 1 aromatic rings. The Kier molecular flexibility index (Phi) is 4.05. The van der Waals surface area contributed by atoms with Gasteiger partial charge in [0.1, 0.15) is 5.82 Å². The highest BCUT2D eigenvalue weighted by Crippen LogP contribution is 2.36. The van der Waals surface area contributed by atoms with Crippen LogP contribution in [0.3, 0.4) is 0 Å². The third kappa shape index (κ3) is 2.99. The van der Waals surface area contributed by atoms with E-state index in [4.69, 9.17) is 17.3 Å². The van der Waals surface area contributed by atoms with Crippen LogP contribution in [0.5, 0.6) is 0 Å². The molecule has 0 spiro atoms. The van der Waals surface area contributed by atoms with Crippen LogP contribution in [0, 0.1) is 17.7 Å². The molecule has 94 valence electrons. The molecule has 2 rings (SSSR count). The molecule has 1 aromatic carbocycles. The molecule has 0 amide bonds. The summed E-state index contributed by atoms with van der Waals surface area (Å²) in [6.45, 7) is 2.27. The molecule has 0 bridgehead atoms. The Morgan fingerprint density at radius 1 is 1.41 bits per heavy atom. The number of benzene rings is 1. The molecular formula is C14H19ClFN. The molecule has 1 aliphatic carbocycles. The van der Waals surface area contributed by atoms with Crippen LogP contribution in [0.25, 0.3) is 0 Å². The molecule has 1 fully saturated rings. The van der Waals surface area contributed by atoms with E-state index in [1.54, 1.807) is 12.1 Å². The number of hydrogen-bond donors (Lipinski definition) is 1. The number of nitrogens with two attached hydrogens (primary N) is 1. The van der Waals surface area contributed by atoms with Gasteiger partial charge < -0.3 is 5.73 Å². The lowest BCUT2D eigenvalue weighted by molar-refractivity contribution is 0.248. The molecular weight excluding hydrogens is 237 g/mol. The van der Waals surface area contributed by atoms with E-state index in [1.807, 2.05) is 0 Å². The molecule has 3 atom stereocenters. The first-order chi connectivity index (χ1) is 8.08. The summed E-state index contributed by atoms with van der Waals surface area (Å²) in [7, 11) is 0. The van der Waals surface area contributed by atoms with Gasteiger partial charge in [0.25, 0.3) is 0 Å². The van der Waals surface area contributed by atoms with E-state index < -0.39 is 0 Å². The Labute approximate surface area is 107 Å². The lowest BCUT2D eigenvalue weighted by Crippen LogP contribution is -2.26. The average molecular weight is 256 g/mol. The zero-order valence-corrected chi connectivity index (χ0v) is 10.9. The van der Waals surface area contributed by atoms with Crippen molar-refractivity contribution in [1.29, 1.82) is 0 Å². The highest BCUT2D eigenvalue weighted by molar-refractivity contribution is 6.30.